The van der Waals surface area contributed by atoms with Crippen molar-refractivity contribution in [3.8, 4) is 0 Å². The van der Waals surface area contributed by atoms with Crippen LogP contribution in [0.2, 0.25) is 0 Å². The van der Waals surface area contributed by atoms with Crippen LogP contribution in [0, 0.1) is 11.8 Å². The van der Waals surface area contributed by atoms with Crippen molar-refractivity contribution in [3.63, 3.8) is 0 Å². The average molecular weight is 166 g/mol. The molecule has 1 heterocycles. The lowest BCUT2D eigenvalue weighted by molar-refractivity contribution is -0.118. The number of allylic oxidation sites excluding steroid dienone is 2. The van der Waals surface area contributed by atoms with Gasteiger partial charge in [-0.05, 0) is 23.8 Å². The Hall–Kier alpha value is -0.790. The highest BCUT2D eigenvalue weighted by atomic mass is 16.5. The molecule has 0 fully saturated rings. The SMILES string of the molecule is CC1CCOC2=C1C(C)CC2=O. The summed E-state index contributed by atoms with van der Waals surface area (Å²) in [6.07, 6.45) is 1.73. The summed E-state index contributed by atoms with van der Waals surface area (Å²) in [4.78, 5) is 11.4. The second-order valence-corrected chi connectivity index (χ2v) is 3.85. The topological polar surface area (TPSA) is 26.3 Å². The van der Waals surface area contributed by atoms with Gasteiger partial charge in [-0.15, -0.1) is 0 Å². The lowest BCUT2D eigenvalue weighted by Gasteiger charge is -2.23. The van der Waals surface area contributed by atoms with Crippen LogP contribution in [0.25, 0.3) is 0 Å². The van der Waals surface area contributed by atoms with Gasteiger partial charge in [-0.1, -0.05) is 13.8 Å². The molecule has 0 saturated carbocycles. The van der Waals surface area contributed by atoms with E-state index in [4.69, 9.17) is 4.74 Å². The largest absolute Gasteiger partial charge is 0.490 e. The number of carbonyl (C=O) groups excluding carboxylic acids is 1. The van der Waals surface area contributed by atoms with Crippen molar-refractivity contribution in [1.82, 2.24) is 0 Å². The molecule has 2 unspecified atom stereocenters. The van der Waals surface area contributed by atoms with Crippen LogP contribution in [0.1, 0.15) is 26.7 Å². The molecule has 0 aromatic rings. The lowest BCUT2D eigenvalue weighted by atomic mass is 9.89. The van der Waals surface area contributed by atoms with Gasteiger partial charge < -0.3 is 4.74 Å². The number of ether oxygens (including phenoxy) is 1. The summed E-state index contributed by atoms with van der Waals surface area (Å²) in [5, 5.41) is 0. The van der Waals surface area contributed by atoms with Gasteiger partial charge in [0.25, 0.3) is 0 Å². The van der Waals surface area contributed by atoms with E-state index in [0.717, 1.165) is 13.0 Å². The first-order valence-corrected chi connectivity index (χ1v) is 4.60. The van der Waals surface area contributed by atoms with E-state index in [1.54, 1.807) is 0 Å². The highest BCUT2D eigenvalue weighted by molar-refractivity contribution is 5.97. The third-order valence-electron chi connectivity index (χ3n) is 2.87. The number of hydrogen-bond acceptors (Lipinski definition) is 2. The fourth-order valence-electron chi connectivity index (χ4n) is 2.23. The van der Waals surface area contributed by atoms with E-state index in [0.29, 0.717) is 24.0 Å². The Bertz CT molecular complexity index is 253. The van der Waals surface area contributed by atoms with Gasteiger partial charge in [0.15, 0.2) is 11.5 Å². The van der Waals surface area contributed by atoms with Gasteiger partial charge in [-0.2, -0.15) is 0 Å². The maximum atomic E-state index is 11.4. The van der Waals surface area contributed by atoms with E-state index in [1.807, 2.05) is 0 Å². The van der Waals surface area contributed by atoms with Gasteiger partial charge in [0.05, 0.1) is 6.61 Å². The second-order valence-electron chi connectivity index (χ2n) is 3.85. The van der Waals surface area contributed by atoms with Gasteiger partial charge in [0.2, 0.25) is 0 Å². The molecule has 0 bridgehead atoms. The third kappa shape index (κ3) is 0.977. The van der Waals surface area contributed by atoms with E-state index in [-0.39, 0.29) is 5.78 Å². The standard InChI is InChI=1S/C10H14O2/c1-6-3-4-12-10-8(11)5-7(2)9(6)10/h6-7H,3-5H2,1-2H3. The molecule has 0 radical (unpaired) electrons. The van der Waals surface area contributed by atoms with Crippen molar-refractivity contribution in [1.29, 1.82) is 0 Å². The summed E-state index contributed by atoms with van der Waals surface area (Å²) in [6, 6.07) is 0. The van der Waals surface area contributed by atoms with Crippen LogP contribution in [-0.2, 0) is 9.53 Å². The molecular weight excluding hydrogens is 152 g/mol. The molecule has 0 aromatic carbocycles. The summed E-state index contributed by atoms with van der Waals surface area (Å²) >= 11 is 0. The molecule has 0 amide bonds. The molecule has 66 valence electrons. The highest BCUT2D eigenvalue weighted by Gasteiger charge is 2.35. The van der Waals surface area contributed by atoms with Crippen molar-refractivity contribution < 1.29 is 9.53 Å². The molecule has 1 aliphatic heterocycles. The molecule has 2 atom stereocenters. The van der Waals surface area contributed by atoms with Crippen LogP contribution in [0.3, 0.4) is 0 Å². The highest BCUT2D eigenvalue weighted by Crippen LogP contribution is 2.38. The molecule has 0 aromatic heterocycles. The minimum Gasteiger partial charge on any atom is -0.490 e. The first-order valence-electron chi connectivity index (χ1n) is 4.60. The fourth-order valence-corrected chi connectivity index (χ4v) is 2.23. The Morgan fingerprint density at radius 1 is 1.33 bits per heavy atom. The van der Waals surface area contributed by atoms with Crippen molar-refractivity contribution in [2.24, 2.45) is 11.8 Å². The Morgan fingerprint density at radius 2 is 2.08 bits per heavy atom. The first kappa shape index (κ1) is 7.84. The minimum absolute atomic E-state index is 0.212. The predicted molar refractivity (Wildman–Crippen MR) is 45.5 cm³/mol. The maximum Gasteiger partial charge on any atom is 0.197 e. The van der Waals surface area contributed by atoms with Crippen LogP contribution >= 0.6 is 0 Å². The van der Waals surface area contributed by atoms with Crippen molar-refractivity contribution >= 4 is 5.78 Å². The maximum absolute atomic E-state index is 11.4. The van der Waals surface area contributed by atoms with E-state index in [1.165, 1.54) is 5.57 Å². The van der Waals surface area contributed by atoms with Crippen LogP contribution in [0.15, 0.2) is 11.3 Å². The first-order chi connectivity index (χ1) is 5.70. The summed E-state index contributed by atoms with van der Waals surface area (Å²) in [7, 11) is 0. The Balaban J connectivity index is 2.38. The molecule has 2 heteroatoms. The number of ketones is 1. The molecule has 1 aliphatic carbocycles. The molecule has 0 saturated heterocycles. The van der Waals surface area contributed by atoms with Gasteiger partial charge in [0, 0.05) is 6.42 Å². The van der Waals surface area contributed by atoms with Crippen molar-refractivity contribution in [2.45, 2.75) is 26.7 Å². The Morgan fingerprint density at radius 3 is 2.75 bits per heavy atom. The minimum atomic E-state index is 0.212. The molecule has 2 aliphatic rings. The Labute approximate surface area is 72.6 Å². The average Bonchev–Trinajstić information content (AvgIpc) is 2.29. The van der Waals surface area contributed by atoms with Gasteiger partial charge in [-0.25, -0.2) is 0 Å². The zero-order valence-electron chi connectivity index (χ0n) is 7.59. The quantitative estimate of drug-likeness (QED) is 0.549. The molecule has 12 heavy (non-hydrogen) atoms. The third-order valence-corrected chi connectivity index (χ3v) is 2.87. The van der Waals surface area contributed by atoms with E-state index in [9.17, 15) is 4.79 Å². The van der Waals surface area contributed by atoms with E-state index >= 15 is 0 Å². The summed E-state index contributed by atoms with van der Waals surface area (Å²) < 4.78 is 5.39. The lowest BCUT2D eigenvalue weighted by Crippen LogP contribution is -2.15. The molecule has 0 N–H and O–H groups in total. The molecular formula is C10H14O2. The van der Waals surface area contributed by atoms with Gasteiger partial charge in [0.1, 0.15) is 0 Å². The molecule has 0 spiro atoms. The van der Waals surface area contributed by atoms with Crippen LogP contribution in [-0.4, -0.2) is 12.4 Å². The summed E-state index contributed by atoms with van der Waals surface area (Å²) in [5.74, 6) is 1.88. The number of Topliss-reactive ketones (excluding diaryl/α,β-unsaturated/α-hetero) is 1. The van der Waals surface area contributed by atoms with Crippen molar-refractivity contribution in [2.75, 3.05) is 6.61 Å². The van der Waals surface area contributed by atoms with Gasteiger partial charge >= 0.3 is 0 Å². The van der Waals surface area contributed by atoms with E-state index in [2.05, 4.69) is 13.8 Å². The number of rotatable bonds is 0. The number of carbonyl (C=O) groups is 1. The van der Waals surface area contributed by atoms with E-state index < -0.39 is 0 Å². The summed E-state index contributed by atoms with van der Waals surface area (Å²) in [5.41, 5.74) is 1.27. The van der Waals surface area contributed by atoms with Crippen LogP contribution in [0.4, 0.5) is 0 Å². The zero-order chi connectivity index (χ0) is 8.72. The van der Waals surface area contributed by atoms with Gasteiger partial charge in [-0.3, -0.25) is 4.79 Å². The fraction of sp³-hybridized carbons (Fsp3) is 0.700. The van der Waals surface area contributed by atoms with Crippen molar-refractivity contribution in [3.05, 3.63) is 11.3 Å². The predicted octanol–water partition coefficient (Wildman–Crippen LogP) is 1.91. The molecule has 2 nitrogen and oxygen atoms in total. The second kappa shape index (κ2) is 2.61. The Kier molecular flexibility index (Phi) is 1.71. The number of hydrogen-bond donors (Lipinski definition) is 0. The zero-order valence-corrected chi connectivity index (χ0v) is 7.59. The smallest absolute Gasteiger partial charge is 0.197 e. The van der Waals surface area contributed by atoms with Crippen LogP contribution < -0.4 is 0 Å². The van der Waals surface area contributed by atoms with Crippen LogP contribution in [0.5, 0.6) is 0 Å². The summed E-state index contributed by atoms with van der Waals surface area (Å²) in [6.45, 7) is 5.02. The monoisotopic (exact) mass is 166 g/mol. The normalized spacial score (nSPS) is 35.0. The molecule has 2 rings (SSSR count).